The number of carbonyl (C=O) groups is 2. The van der Waals surface area contributed by atoms with E-state index in [-0.39, 0.29) is 23.0 Å². The number of Topliss-reactive ketones (excluding diaryl/α,β-unsaturated/α-hetero) is 1. The Kier molecular flexibility index (Phi) is 6.03. The van der Waals surface area contributed by atoms with E-state index in [0.717, 1.165) is 30.6 Å². The highest BCUT2D eigenvalue weighted by atomic mass is 16.2. The first-order valence-electron chi connectivity index (χ1n) is 13.4. The lowest BCUT2D eigenvalue weighted by atomic mass is 9.45. The molecule has 4 aliphatic rings. The van der Waals surface area contributed by atoms with Crippen molar-refractivity contribution in [2.45, 2.75) is 71.8 Å². The maximum absolute atomic E-state index is 13.6. The molecule has 0 saturated heterocycles. The fourth-order valence-corrected chi connectivity index (χ4v) is 8.88. The third-order valence-corrected chi connectivity index (χ3v) is 11.0. The molecule has 0 aromatic heterocycles. The van der Waals surface area contributed by atoms with E-state index in [1.165, 1.54) is 32.1 Å². The summed E-state index contributed by atoms with van der Waals surface area (Å²) in [5.74, 6) is 2.92. The van der Waals surface area contributed by atoms with E-state index in [4.69, 9.17) is 0 Å². The summed E-state index contributed by atoms with van der Waals surface area (Å²) in [6.45, 7) is 7.39. The number of carbonyl (C=O) groups excluding carboxylic acids is 2. The Morgan fingerprint density at radius 3 is 2.41 bits per heavy atom. The Labute approximate surface area is 205 Å². The SMILES string of the molecule is CC([C@H]1CCC2[C@@H]3CCC4C(=O)C(NC(=O)c5ccccc5)=CC[C@]4(C)C3CC[C@@]21C)N(C)C. The van der Waals surface area contributed by atoms with Gasteiger partial charge in [0.25, 0.3) is 5.91 Å². The van der Waals surface area contributed by atoms with E-state index in [2.05, 4.69) is 45.1 Å². The Morgan fingerprint density at radius 2 is 1.71 bits per heavy atom. The van der Waals surface area contributed by atoms with Crippen LogP contribution in [-0.2, 0) is 4.79 Å². The highest BCUT2D eigenvalue weighted by Gasteiger charge is 2.61. The maximum atomic E-state index is 13.6. The van der Waals surface area contributed by atoms with Crippen molar-refractivity contribution in [3.05, 3.63) is 47.7 Å². The van der Waals surface area contributed by atoms with Gasteiger partial charge in [-0.2, -0.15) is 0 Å². The van der Waals surface area contributed by atoms with E-state index < -0.39 is 0 Å². The van der Waals surface area contributed by atoms with Crippen molar-refractivity contribution in [3.63, 3.8) is 0 Å². The molecule has 3 saturated carbocycles. The van der Waals surface area contributed by atoms with Gasteiger partial charge in [-0.3, -0.25) is 9.59 Å². The van der Waals surface area contributed by atoms with Crippen molar-refractivity contribution in [2.75, 3.05) is 14.1 Å². The molecule has 3 fully saturated rings. The molecular weight excluding hydrogens is 420 g/mol. The second-order valence-electron chi connectivity index (χ2n) is 12.5. The molecule has 0 aliphatic heterocycles. The minimum absolute atomic E-state index is 0.0214. The summed E-state index contributed by atoms with van der Waals surface area (Å²) in [7, 11) is 4.46. The molecule has 4 nitrogen and oxygen atoms in total. The summed E-state index contributed by atoms with van der Waals surface area (Å²) in [6, 6.07) is 9.82. The molecule has 0 spiro atoms. The number of nitrogens with zero attached hydrogens (tertiary/aromatic N) is 1. The van der Waals surface area contributed by atoms with Crippen LogP contribution < -0.4 is 5.32 Å². The molecule has 34 heavy (non-hydrogen) atoms. The summed E-state index contributed by atoms with van der Waals surface area (Å²) in [4.78, 5) is 28.8. The molecule has 1 N–H and O–H groups in total. The average Bonchev–Trinajstić information content (AvgIpc) is 3.18. The Balaban J connectivity index is 1.35. The van der Waals surface area contributed by atoms with Gasteiger partial charge >= 0.3 is 0 Å². The van der Waals surface area contributed by atoms with Crippen molar-refractivity contribution in [3.8, 4) is 0 Å². The van der Waals surface area contributed by atoms with E-state index >= 15 is 0 Å². The van der Waals surface area contributed by atoms with Gasteiger partial charge < -0.3 is 10.2 Å². The van der Waals surface area contributed by atoms with Gasteiger partial charge in [0.15, 0.2) is 5.78 Å². The van der Waals surface area contributed by atoms with E-state index in [0.29, 0.717) is 28.6 Å². The molecule has 1 aromatic carbocycles. The van der Waals surface area contributed by atoms with Gasteiger partial charge in [-0.05, 0) is 113 Å². The first-order chi connectivity index (χ1) is 16.2. The largest absolute Gasteiger partial charge is 0.319 e. The van der Waals surface area contributed by atoms with Crippen molar-refractivity contribution in [1.82, 2.24) is 10.2 Å². The summed E-state index contributed by atoms with van der Waals surface area (Å²) in [5.41, 5.74) is 1.57. The molecule has 0 heterocycles. The number of nitrogens with one attached hydrogen (secondary N) is 1. The Hall–Kier alpha value is -1.94. The third-order valence-electron chi connectivity index (χ3n) is 11.0. The van der Waals surface area contributed by atoms with Crippen LogP contribution in [0.25, 0.3) is 0 Å². The molecule has 5 rings (SSSR count). The number of rotatable bonds is 4. The summed E-state index contributed by atoms with van der Waals surface area (Å²) < 4.78 is 0. The van der Waals surface area contributed by atoms with Gasteiger partial charge in [-0.15, -0.1) is 0 Å². The Bertz CT molecular complexity index is 985. The lowest BCUT2D eigenvalue weighted by Crippen LogP contribution is -2.56. The first kappa shape index (κ1) is 23.8. The molecule has 1 aromatic rings. The van der Waals surface area contributed by atoms with Gasteiger partial charge in [0.1, 0.15) is 0 Å². The van der Waals surface area contributed by atoms with E-state index in [1.807, 2.05) is 24.3 Å². The highest BCUT2D eigenvalue weighted by molar-refractivity contribution is 6.05. The fourth-order valence-electron chi connectivity index (χ4n) is 8.88. The quantitative estimate of drug-likeness (QED) is 0.625. The second-order valence-corrected chi connectivity index (χ2v) is 12.5. The number of hydrogen-bond donors (Lipinski definition) is 1. The molecule has 8 atom stereocenters. The standard InChI is InChI=1S/C30H42N2O2/c1-19(32(4)5)22-13-14-23-21-11-12-25-27(33)26(31-28(34)20-9-7-6-8-10-20)16-18-30(25,3)24(21)15-17-29(22,23)2/h6-10,16,19,21-25H,11-15,17-18H2,1-5H3,(H,31,34)/t19?,21-,22+,23?,24?,25?,29+,30+/m0/s1. The number of amides is 1. The maximum Gasteiger partial charge on any atom is 0.255 e. The highest BCUT2D eigenvalue weighted by Crippen LogP contribution is 2.67. The molecule has 4 unspecified atom stereocenters. The van der Waals surface area contributed by atoms with Crippen LogP contribution in [-0.4, -0.2) is 36.7 Å². The predicted molar refractivity (Wildman–Crippen MR) is 136 cm³/mol. The van der Waals surface area contributed by atoms with Crippen molar-refractivity contribution < 1.29 is 9.59 Å². The van der Waals surface area contributed by atoms with Crippen LogP contribution in [0.2, 0.25) is 0 Å². The summed E-state index contributed by atoms with van der Waals surface area (Å²) in [5, 5.41) is 2.95. The minimum atomic E-state index is -0.182. The predicted octanol–water partition coefficient (Wildman–Crippen LogP) is 5.70. The zero-order chi connectivity index (χ0) is 24.3. The van der Waals surface area contributed by atoms with Crippen LogP contribution in [0.15, 0.2) is 42.1 Å². The van der Waals surface area contributed by atoms with Gasteiger partial charge in [-0.25, -0.2) is 0 Å². The van der Waals surface area contributed by atoms with Crippen molar-refractivity contribution in [2.24, 2.45) is 40.4 Å². The number of allylic oxidation sites excluding steroid dienone is 2. The van der Waals surface area contributed by atoms with Crippen LogP contribution >= 0.6 is 0 Å². The van der Waals surface area contributed by atoms with Crippen LogP contribution in [0.5, 0.6) is 0 Å². The minimum Gasteiger partial charge on any atom is -0.319 e. The second kappa shape index (κ2) is 8.62. The van der Waals surface area contributed by atoms with Gasteiger partial charge in [-0.1, -0.05) is 38.1 Å². The number of benzene rings is 1. The van der Waals surface area contributed by atoms with E-state index in [9.17, 15) is 9.59 Å². The third kappa shape index (κ3) is 3.59. The normalized spacial score (nSPS) is 40.1. The topological polar surface area (TPSA) is 49.4 Å². The van der Waals surface area contributed by atoms with Gasteiger partial charge in [0.2, 0.25) is 0 Å². The molecule has 184 valence electrons. The number of hydrogen-bond acceptors (Lipinski definition) is 3. The lowest BCUT2D eigenvalue weighted by Gasteiger charge is -2.60. The Morgan fingerprint density at radius 1 is 1.00 bits per heavy atom. The monoisotopic (exact) mass is 462 g/mol. The fraction of sp³-hybridized carbons (Fsp3) is 0.667. The smallest absolute Gasteiger partial charge is 0.255 e. The number of fused-ring (bicyclic) bond motifs is 5. The van der Waals surface area contributed by atoms with Crippen molar-refractivity contribution in [1.29, 1.82) is 0 Å². The zero-order valence-corrected chi connectivity index (χ0v) is 21.6. The van der Waals surface area contributed by atoms with Gasteiger partial charge in [0.05, 0.1) is 5.70 Å². The van der Waals surface area contributed by atoms with Crippen LogP contribution in [0, 0.1) is 40.4 Å². The molecule has 1 amide bonds. The van der Waals surface area contributed by atoms with Crippen LogP contribution in [0.1, 0.15) is 76.1 Å². The summed E-state index contributed by atoms with van der Waals surface area (Å²) in [6.07, 6.45) is 10.3. The van der Waals surface area contributed by atoms with Crippen LogP contribution in [0.4, 0.5) is 0 Å². The number of ketones is 1. The average molecular weight is 463 g/mol. The molecule has 4 heteroatoms. The first-order valence-corrected chi connectivity index (χ1v) is 13.4. The molecular formula is C30H42N2O2. The lowest BCUT2D eigenvalue weighted by molar-refractivity contribution is -0.140. The van der Waals surface area contributed by atoms with Gasteiger partial charge in [0, 0.05) is 17.5 Å². The van der Waals surface area contributed by atoms with Crippen LogP contribution in [0.3, 0.4) is 0 Å². The van der Waals surface area contributed by atoms with E-state index in [1.54, 1.807) is 12.1 Å². The molecule has 0 radical (unpaired) electrons. The summed E-state index contributed by atoms with van der Waals surface area (Å²) >= 11 is 0. The molecule has 4 aliphatic carbocycles. The molecule has 0 bridgehead atoms. The zero-order valence-electron chi connectivity index (χ0n) is 21.6. The van der Waals surface area contributed by atoms with Crippen molar-refractivity contribution >= 4 is 11.7 Å².